The van der Waals surface area contributed by atoms with Gasteiger partial charge >= 0.3 is 0 Å². The zero-order chi connectivity index (χ0) is 12.3. The third-order valence-electron chi connectivity index (χ3n) is 3.05. The van der Waals surface area contributed by atoms with Crippen molar-refractivity contribution in [3.8, 4) is 0 Å². The maximum Gasteiger partial charge on any atom is 0.0948 e. The molecule has 0 bridgehead atoms. The van der Waals surface area contributed by atoms with Crippen LogP contribution < -0.4 is 5.32 Å². The fourth-order valence-corrected chi connectivity index (χ4v) is 1.92. The summed E-state index contributed by atoms with van der Waals surface area (Å²) >= 11 is 6.15. The minimum atomic E-state index is 0.657. The van der Waals surface area contributed by atoms with Crippen LogP contribution in [0.3, 0.4) is 0 Å². The van der Waals surface area contributed by atoms with Gasteiger partial charge in [0.2, 0.25) is 0 Å². The van der Waals surface area contributed by atoms with Crippen molar-refractivity contribution < 1.29 is 0 Å². The Morgan fingerprint density at radius 1 is 1.35 bits per heavy atom. The molecule has 2 nitrogen and oxygen atoms in total. The molecule has 1 atom stereocenters. The number of halogens is 1. The summed E-state index contributed by atoms with van der Waals surface area (Å²) in [5.41, 5.74) is 2.01. The maximum absolute atomic E-state index is 6.15. The van der Waals surface area contributed by atoms with Gasteiger partial charge in [-0.2, -0.15) is 0 Å². The van der Waals surface area contributed by atoms with Gasteiger partial charge in [-0.25, -0.2) is 0 Å². The topological polar surface area (TPSA) is 24.9 Å². The van der Waals surface area contributed by atoms with E-state index in [4.69, 9.17) is 11.6 Å². The second-order valence-electron chi connectivity index (χ2n) is 4.39. The number of rotatable bonds is 4. The molecule has 0 fully saturated rings. The normalized spacial score (nSPS) is 12.6. The molecule has 0 aliphatic carbocycles. The molecule has 0 aliphatic heterocycles. The highest BCUT2D eigenvalue weighted by atomic mass is 35.5. The third kappa shape index (κ3) is 2.70. The summed E-state index contributed by atoms with van der Waals surface area (Å²) in [6, 6.07) is 7.83. The maximum atomic E-state index is 6.15. The number of nitrogens with one attached hydrogen (secondary N) is 1. The molecule has 1 aromatic carbocycles. The predicted octanol–water partition coefficient (Wildman–Crippen LogP) is 4.35. The van der Waals surface area contributed by atoms with Crippen LogP contribution in [0.25, 0.3) is 10.9 Å². The Balaban J connectivity index is 2.32. The SMILES string of the molecule is CCC(C)CNc1ccc(Cl)c2cccnc12. The van der Waals surface area contributed by atoms with Crippen molar-refractivity contribution in [3.05, 3.63) is 35.5 Å². The highest BCUT2D eigenvalue weighted by molar-refractivity contribution is 6.35. The fraction of sp³-hybridized carbons (Fsp3) is 0.357. The second kappa shape index (κ2) is 5.37. The lowest BCUT2D eigenvalue weighted by Crippen LogP contribution is -2.10. The Hall–Kier alpha value is -1.28. The van der Waals surface area contributed by atoms with Gasteiger partial charge in [0.1, 0.15) is 0 Å². The van der Waals surface area contributed by atoms with Gasteiger partial charge in [-0.3, -0.25) is 4.98 Å². The lowest BCUT2D eigenvalue weighted by Gasteiger charge is -2.13. The van der Waals surface area contributed by atoms with Crippen LogP contribution in [-0.4, -0.2) is 11.5 Å². The minimum absolute atomic E-state index is 0.657. The first-order valence-electron chi connectivity index (χ1n) is 5.99. The Kier molecular flexibility index (Phi) is 3.85. The number of aromatic nitrogens is 1. The van der Waals surface area contributed by atoms with Gasteiger partial charge in [0, 0.05) is 18.1 Å². The molecule has 1 N–H and O–H groups in total. The molecule has 0 radical (unpaired) electrons. The van der Waals surface area contributed by atoms with E-state index in [9.17, 15) is 0 Å². The Morgan fingerprint density at radius 3 is 2.94 bits per heavy atom. The number of fused-ring (bicyclic) bond motifs is 1. The highest BCUT2D eigenvalue weighted by Gasteiger charge is 2.06. The first-order valence-corrected chi connectivity index (χ1v) is 6.37. The molecule has 17 heavy (non-hydrogen) atoms. The van der Waals surface area contributed by atoms with Crippen LogP contribution in [0, 0.1) is 5.92 Å². The first kappa shape index (κ1) is 12.2. The van der Waals surface area contributed by atoms with Crippen LogP contribution in [0.15, 0.2) is 30.5 Å². The average Bonchev–Trinajstić information content (AvgIpc) is 2.38. The number of benzene rings is 1. The van der Waals surface area contributed by atoms with Crippen LogP contribution in [0.5, 0.6) is 0 Å². The van der Waals surface area contributed by atoms with Crippen molar-refractivity contribution in [1.29, 1.82) is 0 Å². The van der Waals surface area contributed by atoms with E-state index < -0.39 is 0 Å². The minimum Gasteiger partial charge on any atom is -0.383 e. The quantitative estimate of drug-likeness (QED) is 0.870. The molecule has 1 heterocycles. The fourth-order valence-electron chi connectivity index (χ4n) is 1.71. The van der Waals surface area contributed by atoms with Crippen molar-refractivity contribution in [2.24, 2.45) is 5.92 Å². The van der Waals surface area contributed by atoms with Crippen molar-refractivity contribution in [2.75, 3.05) is 11.9 Å². The lowest BCUT2D eigenvalue weighted by atomic mass is 10.1. The van der Waals surface area contributed by atoms with E-state index in [2.05, 4.69) is 24.1 Å². The van der Waals surface area contributed by atoms with Gasteiger partial charge in [0.15, 0.2) is 0 Å². The van der Waals surface area contributed by atoms with E-state index >= 15 is 0 Å². The molecule has 0 spiro atoms. The largest absolute Gasteiger partial charge is 0.383 e. The zero-order valence-corrected chi connectivity index (χ0v) is 11.0. The summed E-state index contributed by atoms with van der Waals surface area (Å²) in [6.45, 7) is 5.40. The van der Waals surface area contributed by atoms with Crippen molar-refractivity contribution >= 4 is 28.2 Å². The number of pyridine rings is 1. The number of hydrogen-bond acceptors (Lipinski definition) is 2. The van der Waals surface area contributed by atoms with Gasteiger partial charge in [-0.05, 0) is 30.2 Å². The van der Waals surface area contributed by atoms with E-state index in [-0.39, 0.29) is 0 Å². The smallest absolute Gasteiger partial charge is 0.0948 e. The average molecular weight is 249 g/mol. The van der Waals surface area contributed by atoms with Gasteiger partial charge in [-0.15, -0.1) is 0 Å². The molecule has 0 aliphatic rings. The van der Waals surface area contributed by atoms with Crippen LogP contribution >= 0.6 is 11.6 Å². The molecule has 0 saturated heterocycles. The number of nitrogens with zero attached hydrogens (tertiary/aromatic N) is 1. The van der Waals surface area contributed by atoms with E-state index in [1.54, 1.807) is 6.20 Å². The number of hydrogen-bond donors (Lipinski definition) is 1. The molecule has 0 saturated carbocycles. The van der Waals surface area contributed by atoms with Crippen molar-refractivity contribution in [2.45, 2.75) is 20.3 Å². The summed E-state index contributed by atoms with van der Waals surface area (Å²) in [5, 5.41) is 5.20. The van der Waals surface area contributed by atoms with Crippen LogP contribution in [0.1, 0.15) is 20.3 Å². The highest BCUT2D eigenvalue weighted by Crippen LogP contribution is 2.28. The summed E-state index contributed by atoms with van der Waals surface area (Å²) in [6.07, 6.45) is 2.97. The molecule has 2 aromatic rings. The van der Waals surface area contributed by atoms with Crippen molar-refractivity contribution in [3.63, 3.8) is 0 Å². The summed E-state index contributed by atoms with van der Waals surface area (Å²) in [7, 11) is 0. The van der Waals surface area contributed by atoms with Crippen molar-refractivity contribution in [1.82, 2.24) is 4.98 Å². The third-order valence-corrected chi connectivity index (χ3v) is 3.38. The molecule has 3 heteroatoms. The molecule has 0 amide bonds. The second-order valence-corrected chi connectivity index (χ2v) is 4.80. The van der Waals surface area contributed by atoms with E-state index in [0.29, 0.717) is 5.92 Å². The van der Waals surface area contributed by atoms with Crippen LogP contribution in [-0.2, 0) is 0 Å². The summed E-state index contributed by atoms with van der Waals surface area (Å²) in [5.74, 6) is 0.657. The van der Waals surface area contributed by atoms with E-state index in [0.717, 1.165) is 28.2 Å². The number of anilines is 1. The lowest BCUT2D eigenvalue weighted by molar-refractivity contribution is 0.594. The Labute approximate surface area is 107 Å². The molecule has 90 valence electrons. The Bertz CT molecular complexity index is 511. The van der Waals surface area contributed by atoms with Gasteiger partial charge < -0.3 is 5.32 Å². The monoisotopic (exact) mass is 248 g/mol. The standard InChI is InChI=1S/C14H17ClN2/c1-3-10(2)9-17-13-7-6-12(15)11-5-4-8-16-14(11)13/h4-8,10,17H,3,9H2,1-2H3. The first-order chi connectivity index (χ1) is 8.22. The van der Waals surface area contributed by atoms with Gasteiger partial charge in [0.25, 0.3) is 0 Å². The Morgan fingerprint density at radius 2 is 2.18 bits per heavy atom. The van der Waals surface area contributed by atoms with Crippen LogP contribution in [0.4, 0.5) is 5.69 Å². The van der Waals surface area contributed by atoms with Crippen LogP contribution in [0.2, 0.25) is 5.02 Å². The molecular formula is C14H17ClN2. The zero-order valence-electron chi connectivity index (χ0n) is 10.2. The summed E-state index contributed by atoms with van der Waals surface area (Å²) in [4.78, 5) is 4.40. The summed E-state index contributed by atoms with van der Waals surface area (Å²) < 4.78 is 0. The predicted molar refractivity (Wildman–Crippen MR) is 74.7 cm³/mol. The van der Waals surface area contributed by atoms with Gasteiger partial charge in [-0.1, -0.05) is 31.9 Å². The molecular weight excluding hydrogens is 232 g/mol. The van der Waals surface area contributed by atoms with E-state index in [1.165, 1.54) is 6.42 Å². The molecule has 1 aromatic heterocycles. The molecule has 1 unspecified atom stereocenters. The van der Waals surface area contributed by atoms with Gasteiger partial charge in [0.05, 0.1) is 16.2 Å². The molecule has 2 rings (SSSR count). The van der Waals surface area contributed by atoms with E-state index in [1.807, 2.05) is 24.3 Å².